The molecule has 0 unspecified atom stereocenters. The zero-order valence-corrected chi connectivity index (χ0v) is 15.3. The SMILES string of the molecule is CC(C)(C)c1ccc(CCC(=O)NCC2=CCNCC2)cc1.Cl. The molecule has 0 saturated carbocycles. The Morgan fingerprint density at radius 1 is 1.22 bits per heavy atom. The summed E-state index contributed by atoms with van der Waals surface area (Å²) in [6.07, 6.45) is 4.57. The lowest BCUT2D eigenvalue weighted by molar-refractivity contribution is -0.120. The first-order valence-electron chi connectivity index (χ1n) is 8.20. The van der Waals surface area contributed by atoms with Crippen molar-refractivity contribution in [2.75, 3.05) is 19.6 Å². The lowest BCUT2D eigenvalue weighted by Crippen LogP contribution is -2.29. The van der Waals surface area contributed by atoms with Crippen LogP contribution in [0.1, 0.15) is 44.7 Å². The Kier molecular flexibility index (Phi) is 7.80. The molecule has 1 aliphatic heterocycles. The smallest absolute Gasteiger partial charge is 0.220 e. The Bertz CT molecular complexity index is 529. The van der Waals surface area contributed by atoms with Gasteiger partial charge in [0, 0.05) is 19.5 Å². The summed E-state index contributed by atoms with van der Waals surface area (Å²) in [7, 11) is 0. The summed E-state index contributed by atoms with van der Waals surface area (Å²) >= 11 is 0. The molecule has 1 aromatic rings. The maximum atomic E-state index is 11.9. The molecule has 0 saturated heterocycles. The Labute approximate surface area is 146 Å². The second-order valence-corrected chi connectivity index (χ2v) is 7.04. The molecule has 0 bridgehead atoms. The predicted octanol–water partition coefficient (Wildman–Crippen LogP) is 3.37. The number of hydrogen-bond donors (Lipinski definition) is 2. The predicted molar refractivity (Wildman–Crippen MR) is 99.3 cm³/mol. The topological polar surface area (TPSA) is 41.1 Å². The molecule has 0 radical (unpaired) electrons. The number of halogens is 1. The lowest BCUT2D eigenvalue weighted by atomic mass is 9.86. The van der Waals surface area contributed by atoms with Gasteiger partial charge in [-0.05, 0) is 35.9 Å². The molecule has 23 heavy (non-hydrogen) atoms. The van der Waals surface area contributed by atoms with Crippen molar-refractivity contribution in [3.63, 3.8) is 0 Å². The number of carbonyl (C=O) groups is 1. The quantitative estimate of drug-likeness (QED) is 0.809. The molecule has 0 atom stereocenters. The molecule has 2 N–H and O–H groups in total. The number of amides is 1. The van der Waals surface area contributed by atoms with E-state index in [0.29, 0.717) is 13.0 Å². The summed E-state index contributed by atoms with van der Waals surface area (Å²) in [5.74, 6) is 0.138. The van der Waals surface area contributed by atoms with Crippen LogP contribution in [-0.4, -0.2) is 25.5 Å². The number of aryl methyl sites for hydroxylation is 1. The number of nitrogens with one attached hydrogen (secondary N) is 2. The first-order valence-corrected chi connectivity index (χ1v) is 8.20. The fourth-order valence-electron chi connectivity index (χ4n) is 2.56. The molecule has 128 valence electrons. The van der Waals surface area contributed by atoms with Crippen molar-refractivity contribution in [2.24, 2.45) is 0 Å². The zero-order chi connectivity index (χ0) is 16.0. The van der Waals surface area contributed by atoms with Gasteiger partial charge in [-0.2, -0.15) is 0 Å². The van der Waals surface area contributed by atoms with Crippen molar-refractivity contribution in [1.82, 2.24) is 10.6 Å². The number of benzene rings is 1. The molecule has 4 heteroatoms. The average Bonchev–Trinajstić information content (AvgIpc) is 2.51. The van der Waals surface area contributed by atoms with E-state index in [-0.39, 0.29) is 23.7 Å². The van der Waals surface area contributed by atoms with Crippen LogP contribution in [0.5, 0.6) is 0 Å². The highest BCUT2D eigenvalue weighted by Gasteiger charge is 2.13. The highest BCUT2D eigenvalue weighted by molar-refractivity contribution is 5.85. The van der Waals surface area contributed by atoms with E-state index in [9.17, 15) is 4.79 Å². The second-order valence-electron chi connectivity index (χ2n) is 7.04. The van der Waals surface area contributed by atoms with E-state index in [0.717, 1.165) is 25.9 Å². The third-order valence-electron chi connectivity index (χ3n) is 4.13. The van der Waals surface area contributed by atoms with Gasteiger partial charge >= 0.3 is 0 Å². The molecular formula is C19H29ClN2O. The van der Waals surface area contributed by atoms with E-state index in [2.05, 4.69) is 61.7 Å². The monoisotopic (exact) mass is 336 g/mol. The van der Waals surface area contributed by atoms with Crippen LogP contribution in [0.15, 0.2) is 35.9 Å². The molecule has 3 nitrogen and oxygen atoms in total. The molecule has 1 aromatic carbocycles. The van der Waals surface area contributed by atoms with Gasteiger partial charge in [0.05, 0.1) is 0 Å². The van der Waals surface area contributed by atoms with Crippen molar-refractivity contribution < 1.29 is 4.79 Å². The van der Waals surface area contributed by atoms with Crippen molar-refractivity contribution in [3.05, 3.63) is 47.0 Å². The maximum Gasteiger partial charge on any atom is 0.220 e. The molecule has 0 fully saturated rings. The Balaban J connectivity index is 0.00000264. The van der Waals surface area contributed by atoms with Gasteiger partial charge in [-0.3, -0.25) is 4.79 Å². The highest BCUT2D eigenvalue weighted by Crippen LogP contribution is 2.22. The van der Waals surface area contributed by atoms with Gasteiger partial charge in [0.2, 0.25) is 5.91 Å². The van der Waals surface area contributed by atoms with Gasteiger partial charge < -0.3 is 10.6 Å². The minimum absolute atomic E-state index is 0. The summed E-state index contributed by atoms with van der Waals surface area (Å²) < 4.78 is 0. The summed E-state index contributed by atoms with van der Waals surface area (Å²) in [5, 5.41) is 6.30. The van der Waals surface area contributed by atoms with Gasteiger partial charge in [0.25, 0.3) is 0 Å². The van der Waals surface area contributed by atoms with Crippen LogP contribution in [0.2, 0.25) is 0 Å². The lowest BCUT2D eigenvalue weighted by Gasteiger charge is -2.19. The van der Waals surface area contributed by atoms with Crippen LogP contribution in [-0.2, 0) is 16.6 Å². The fraction of sp³-hybridized carbons (Fsp3) is 0.526. The first-order chi connectivity index (χ1) is 10.4. The van der Waals surface area contributed by atoms with Crippen LogP contribution < -0.4 is 10.6 Å². The molecule has 0 spiro atoms. The second kappa shape index (κ2) is 9.09. The van der Waals surface area contributed by atoms with Gasteiger partial charge in [-0.1, -0.05) is 56.7 Å². The average molecular weight is 337 g/mol. The summed E-state index contributed by atoms with van der Waals surface area (Å²) in [4.78, 5) is 11.9. The van der Waals surface area contributed by atoms with Crippen molar-refractivity contribution in [3.8, 4) is 0 Å². The maximum absolute atomic E-state index is 11.9. The zero-order valence-electron chi connectivity index (χ0n) is 14.4. The van der Waals surface area contributed by atoms with Gasteiger partial charge in [0.15, 0.2) is 0 Å². The van der Waals surface area contributed by atoms with E-state index in [1.165, 1.54) is 16.7 Å². The summed E-state index contributed by atoms with van der Waals surface area (Å²) in [5.41, 5.74) is 4.07. The highest BCUT2D eigenvalue weighted by atomic mass is 35.5. The van der Waals surface area contributed by atoms with Gasteiger partial charge in [-0.15, -0.1) is 12.4 Å². The fourth-order valence-corrected chi connectivity index (χ4v) is 2.56. The molecule has 1 amide bonds. The molecule has 2 rings (SSSR count). The summed E-state index contributed by atoms with van der Waals surface area (Å²) in [6, 6.07) is 8.63. The number of rotatable bonds is 5. The van der Waals surface area contributed by atoms with Crippen LogP contribution in [0, 0.1) is 0 Å². The largest absolute Gasteiger partial charge is 0.352 e. The third-order valence-corrected chi connectivity index (χ3v) is 4.13. The van der Waals surface area contributed by atoms with Crippen LogP contribution in [0.4, 0.5) is 0 Å². The molecule has 0 aliphatic carbocycles. The third kappa shape index (κ3) is 6.76. The molecular weight excluding hydrogens is 308 g/mol. The molecule has 1 aliphatic rings. The minimum atomic E-state index is 0. The van der Waals surface area contributed by atoms with E-state index in [1.54, 1.807) is 0 Å². The van der Waals surface area contributed by atoms with Crippen molar-refractivity contribution in [2.45, 2.75) is 45.4 Å². The van der Waals surface area contributed by atoms with Crippen molar-refractivity contribution in [1.29, 1.82) is 0 Å². The van der Waals surface area contributed by atoms with Gasteiger partial charge in [-0.25, -0.2) is 0 Å². The Morgan fingerprint density at radius 3 is 2.48 bits per heavy atom. The van der Waals surface area contributed by atoms with E-state index in [1.807, 2.05) is 0 Å². The normalized spacial score (nSPS) is 14.7. The summed E-state index contributed by atoms with van der Waals surface area (Å²) in [6.45, 7) is 9.28. The first kappa shape index (κ1) is 19.7. The van der Waals surface area contributed by atoms with Crippen LogP contribution in [0.3, 0.4) is 0 Å². The van der Waals surface area contributed by atoms with Crippen molar-refractivity contribution >= 4 is 18.3 Å². The van der Waals surface area contributed by atoms with Gasteiger partial charge in [0.1, 0.15) is 0 Å². The molecule has 1 heterocycles. The number of hydrogen-bond acceptors (Lipinski definition) is 2. The van der Waals surface area contributed by atoms with Crippen LogP contribution >= 0.6 is 12.4 Å². The molecule has 0 aromatic heterocycles. The van der Waals surface area contributed by atoms with Crippen LogP contribution in [0.25, 0.3) is 0 Å². The Morgan fingerprint density at radius 2 is 1.91 bits per heavy atom. The van der Waals surface area contributed by atoms with E-state index >= 15 is 0 Å². The number of carbonyl (C=O) groups excluding carboxylic acids is 1. The standard InChI is InChI=1S/C19H28N2O.ClH/c1-19(2,3)17-7-4-15(5-8-17)6-9-18(22)21-14-16-10-12-20-13-11-16;/h4-5,7-8,10,20H,6,9,11-14H2,1-3H3,(H,21,22);1H. The van der Waals surface area contributed by atoms with E-state index in [4.69, 9.17) is 0 Å². The van der Waals surface area contributed by atoms with E-state index < -0.39 is 0 Å². The Hall–Kier alpha value is -1.32. The minimum Gasteiger partial charge on any atom is -0.352 e.